The number of carbonyl (C=O) groups excluding carboxylic acids is 1. The van der Waals surface area contributed by atoms with Crippen molar-refractivity contribution in [3.8, 4) is 0 Å². The number of hydrogen-bond acceptors (Lipinski definition) is 5. The Labute approximate surface area is 113 Å². The average Bonchev–Trinajstić information content (AvgIpc) is 2.37. The minimum absolute atomic E-state index is 0.131. The molecule has 0 radical (unpaired) electrons. The van der Waals surface area contributed by atoms with E-state index < -0.39 is 33.8 Å². The van der Waals surface area contributed by atoms with E-state index in [1.807, 2.05) is 0 Å². The van der Waals surface area contributed by atoms with Crippen molar-refractivity contribution < 1.29 is 23.2 Å². The summed E-state index contributed by atoms with van der Waals surface area (Å²) in [6.45, 7) is 0.674. The Bertz CT molecular complexity index is 511. The van der Waals surface area contributed by atoms with Gasteiger partial charge in [-0.2, -0.15) is 4.39 Å². The molecule has 0 heterocycles. The number of hydrogen-bond donors (Lipinski definition) is 2. The number of amides is 1. The highest BCUT2D eigenvalue weighted by molar-refractivity contribution is 5.92. The summed E-state index contributed by atoms with van der Waals surface area (Å²) in [7, 11) is 1.49. The van der Waals surface area contributed by atoms with Gasteiger partial charge >= 0.3 is 5.69 Å². The molecule has 9 heteroatoms. The van der Waals surface area contributed by atoms with Gasteiger partial charge < -0.3 is 15.4 Å². The number of nitro groups is 1. The van der Waals surface area contributed by atoms with E-state index in [4.69, 9.17) is 4.74 Å². The van der Waals surface area contributed by atoms with Gasteiger partial charge in [0.15, 0.2) is 0 Å². The lowest BCUT2D eigenvalue weighted by Crippen LogP contribution is -2.30. The Hall–Kier alpha value is -2.13. The molecule has 7 nitrogen and oxygen atoms in total. The zero-order chi connectivity index (χ0) is 15.1. The largest absolute Gasteiger partial charge is 0.383 e. The first-order valence-corrected chi connectivity index (χ1v) is 5.58. The summed E-state index contributed by atoms with van der Waals surface area (Å²) in [5.41, 5.74) is -1.36. The third-order valence-electron chi connectivity index (χ3n) is 2.28. The second-order valence-corrected chi connectivity index (χ2v) is 3.76. The zero-order valence-electron chi connectivity index (χ0n) is 10.6. The molecule has 1 amide bonds. The Kier molecular flexibility index (Phi) is 5.94. The second-order valence-electron chi connectivity index (χ2n) is 3.76. The van der Waals surface area contributed by atoms with E-state index in [2.05, 4.69) is 10.6 Å². The minimum atomic E-state index is -1.30. The number of rotatable bonds is 7. The molecule has 110 valence electrons. The number of ether oxygens (including phenoxy) is 1. The van der Waals surface area contributed by atoms with Crippen molar-refractivity contribution in [3.05, 3.63) is 33.9 Å². The number of methoxy groups -OCH3 is 1. The molecule has 0 atom stereocenters. The van der Waals surface area contributed by atoms with E-state index in [1.165, 1.54) is 7.11 Å². The van der Waals surface area contributed by atoms with Crippen molar-refractivity contribution in [2.45, 2.75) is 0 Å². The van der Waals surface area contributed by atoms with Crippen molar-refractivity contribution in [3.63, 3.8) is 0 Å². The first-order valence-electron chi connectivity index (χ1n) is 5.58. The van der Waals surface area contributed by atoms with E-state index in [9.17, 15) is 23.7 Å². The topological polar surface area (TPSA) is 93.5 Å². The first kappa shape index (κ1) is 15.9. The molecule has 0 unspecified atom stereocenters. The van der Waals surface area contributed by atoms with Crippen LogP contribution in [0.4, 0.5) is 20.2 Å². The molecule has 1 rings (SSSR count). The first-order chi connectivity index (χ1) is 9.45. The molecule has 0 bridgehead atoms. The average molecular weight is 289 g/mol. The number of benzene rings is 1. The minimum Gasteiger partial charge on any atom is -0.383 e. The monoisotopic (exact) mass is 289 g/mol. The SMILES string of the molecule is COCCNCC(=O)Nc1cc([N+](=O)[O-])c(F)cc1F. The lowest BCUT2D eigenvalue weighted by molar-refractivity contribution is -0.387. The lowest BCUT2D eigenvalue weighted by atomic mass is 10.2. The maximum atomic E-state index is 13.4. The third-order valence-corrected chi connectivity index (χ3v) is 2.28. The highest BCUT2D eigenvalue weighted by atomic mass is 19.1. The molecule has 0 fully saturated rings. The summed E-state index contributed by atoms with van der Waals surface area (Å²) in [5.74, 6) is -3.00. The fraction of sp³-hybridized carbons (Fsp3) is 0.364. The number of nitrogens with one attached hydrogen (secondary N) is 2. The van der Waals surface area contributed by atoms with Gasteiger partial charge in [0.25, 0.3) is 0 Å². The summed E-state index contributed by atoms with van der Waals surface area (Å²) < 4.78 is 31.2. The van der Waals surface area contributed by atoms with Crippen molar-refractivity contribution in [1.82, 2.24) is 5.32 Å². The van der Waals surface area contributed by atoms with Crippen LogP contribution in [0.2, 0.25) is 0 Å². The van der Waals surface area contributed by atoms with Gasteiger partial charge in [-0.1, -0.05) is 0 Å². The smallest absolute Gasteiger partial charge is 0.307 e. The Balaban J connectivity index is 2.69. The van der Waals surface area contributed by atoms with Crippen LogP contribution in [-0.4, -0.2) is 37.6 Å². The second kappa shape index (κ2) is 7.46. The number of anilines is 1. The van der Waals surface area contributed by atoms with Gasteiger partial charge in [0, 0.05) is 25.8 Å². The molecule has 0 aliphatic rings. The summed E-state index contributed by atoms with van der Waals surface area (Å²) in [6.07, 6.45) is 0. The van der Waals surface area contributed by atoms with E-state index in [-0.39, 0.29) is 6.54 Å². The fourth-order valence-corrected chi connectivity index (χ4v) is 1.34. The molecule has 0 saturated heterocycles. The van der Waals surface area contributed by atoms with Crippen LogP contribution in [0.15, 0.2) is 12.1 Å². The van der Waals surface area contributed by atoms with E-state index in [0.717, 1.165) is 0 Å². The summed E-state index contributed by atoms with van der Waals surface area (Å²) >= 11 is 0. The molecule has 0 spiro atoms. The number of nitro benzene ring substituents is 1. The van der Waals surface area contributed by atoms with Crippen LogP contribution in [0.5, 0.6) is 0 Å². The van der Waals surface area contributed by atoms with Crippen molar-refractivity contribution in [1.29, 1.82) is 0 Å². The van der Waals surface area contributed by atoms with Gasteiger partial charge in [-0.15, -0.1) is 0 Å². The van der Waals surface area contributed by atoms with Gasteiger partial charge in [0.1, 0.15) is 5.82 Å². The predicted molar refractivity (Wildman–Crippen MR) is 66.4 cm³/mol. The van der Waals surface area contributed by atoms with Crippen LogP contribution in [0, 0.1) is 21.7 Å². The molecule has 2 N–H and O–H groups in total. The van der Waals surface area contributed by atoms with Gasteiger partial charge in [-0.3, -0.25) is 14.9 Å². The highest BCUT2D eigenvalue weighted by Gasteiger charge is 2.19. The van der Waals surface area contributed by atoms with Crippen molar-refractivity contribution in [2.75, 3.05) is 32.1 Å². The van der Waals surface area contributed by atoms with Crippen LogP contribution < -0.4 is 10.6 Å². The number of carbonyl (C=O) groups is 1. The Morgan fingerprint density at radius 3 is 2.70 bits per heavy atom. The van der Waals surface area contributed by atoms with Crippen molar-refractivity contribution in [2.24, 2.45) is 0 Å². The highest BCUT2D eigenvalue weighted by Crippen LogP contribution is 2.24. The molecular weight excluding hydrogens is 276 g/mol. The van der Waals surface area contributed by atoms with Crippen LogP contribution >= 0.6 is 0 Å². The zero-order valence-corrected chi connectivity index (χ0v) is 10.6. The van der Waals surface area contributed by atoms with Crippen LogP contribution in [-0.2, 0) is 9.53 Å². The molecule has 20 heavy (non-hydrogen) atoms. The van der Waals surface area contributed by atoms with Gasteiger partial charge in [-0.25, -0.2) is 4.39 Å². The van der Waals surface area contributed by atoms with E-state index in [1.54, 1.807) is 0 Å². The molecule has 0 aromatic heterocycles. The summed E-state index contributed by atoms with van der Waals surface area (Å²) in [4.78, 5) is 21.0. The molecule has 1 aromatic carbocycles. The van der Waals surface area contributed by atoms with Crippen LogP contribution in [0.3, 0.4) is 0 Å². The number of nitrogens with zero attached hydrogens (tertiary/aromatic N) is 1. The van der Waals surface area contributed by atoms with Gasteiger partial charge in [-0.05, 0) is 0 Å². The van der Waals surface area contributed by atoms with Crippen LogP contribution in [0.1, 0.15) is 0 Å². The number of halogens is 2. The molecule has 1 aromatic rings. The van der Waals surface area contributed by atoms with Gasteiger partial charge in [0.05, 0.1) is 23.8 Å². The van der Waals surface area contributed by atoms with Crippen LogP contribution in [0.25, 0.3) is 0 Å². The molecule has 0 aliphatic carbocycles. The fourth-order valence-electron chi connectivity index (χ4n) is 1.34. The molecular formula is C11H13F2N3O4. The standard InChI is InChI=1S/C11H13F2N3O4/c1-20-3-2-14-6-11(17)15-9-5-10(16(18)19)8(13)4-7(9)12/h4-5,14H,2-3,6H2,1H3,(H,15,17). The summed E-state index contributed by atoms with van der Waals surface area (Å²) in [5, 5.41) is 15.3. The summed E-state index contributed by atoms with van der Waals surface area (Å²) in [6, 6.07) is 0.990. The quantitative estimate of drug-likeness (QED) is 0.444. The van der Waals surface area contributed by atoms with E-state index in [0.29, 0.717) is 25.3 Å². The lowest BCUT2D eigenvalue weighted by Gasteiger charge is -2.07. The normalized spacial score (nSPS) is 10.3. The predicted octanol–water partition coefficient (Wildman–Crippen LogP) is 1.05. The third kappa shape index (κ3) is 4.52. The van der Waals surface area contributed by atoms with E-state index >= 15 is 0 Å². The Morgan fingerprint density at radius 1 is 1.40 bits per heavy atom. The molecule has 0 aliphatic heterocycles. The van der Waals surface area contributed by atoms with Crippen molar-refractivity contribution >= 4 is 17.3 Å². The maximum absolute atomic E-state index is 13.4. The molecule has 0 saturated carbocycles. The van der Waals surface area contributed by atoms with Gasteiger partial charge in [0.2, 0.25) is 11.7 Å². The Morgan fingerprint density at radius 2 is 2.10 bits per heavy atom. The maximum Gasteiger partial charge on any atom is 0.307 e.